The zero-order valence-electron chi connectivity index (χ0n) is 10.1. The number of rotatable bonds is 4. The summed E-state index contributed by atoms with van der Waals surface area (Å²) in [5.41, 5.74) is 2.62. The summed E-state index contributed by atoms with van der Waals surface area (Å²) in [6.07, 6.45) is 11.8. The highest BCUT2D eigenvalue weighted by Crippen LogP contribution is 2.03. The summed E-state index contributed by atoms with van der Waals surface area (Å²) < 4.78 is 4.24. The predicted octanol–water partition coefficient (Wildman–Crippen LogP) is 1.01. The number of H-pyrrole nitrogens is 2. The first-order valence-corrected chi connectivity index (χ1v) is 6.02. The average Bonchev–Trinajstić information content (AvgIpc) is 3.05. The molecule has 0 bridgehead atoms. The van der Waals surface area contributed by atoms with Crippen molar-refractivity contribution in [3.63, 3.8) is 0 Å². The first-order chi connectivity index (χ1) is 8.90. The van der Waals surface area contributed by atoms with Gasteiger partial charge in [0.05, 0.1) is 0 Å². The number of imidazole rings is 2. The highest BCUT2D eigenvalue weighted by molar-refractivity contribution is 5.21. The number of nitrogens with one attached hydrogen (secondary N) is 2. The van der Waals surface area contributed by atoms with Gasteiger partial charge < -0.3 is 0 Å². The molecule has 0 unspecified atom stereocenters. The zero-order chi connectivity index (χ0) is 12.2. The monoisotopic (exact) mass is 240 g/mol. The van der Waals surface area contributed by atoms with E-state index in [0.717, 1.165) is 13.1 Å². The normalized spacial score (nSPS) is 10.7. The Labute approximate surface area is 106 Å². The van der Waals surface area contributed by atoms with Crippen LogP contribution in [0.3, 0.4) is 0 Å². The first kappa shape index (κ1) is 10.8. The van der Waals surface area contributed by atoms with E-state index < -0.39 is 0 Å². The summed E-state index contributed by atoms with van der Waals surface area (Å²) in [6, 6.07) is 8.73. The van der Waals surface area contributed by atoms with E-state index in [1.165, 1.54) is 11.1 Å². The summed E-state index contributed by atoms with van der Waals surface area (Å²) in [4.78, 5) is 6.09. The second-order valence-corrected chi connectivity index (χ2v) is 4.38. The molecular formula is C14H16N4+2. The molecule has 0 aliphatic carbocycles. The molecule has 90 valence electrons. The Kier molecular flexibility index (Phi) is 2.92. The quantitative estimate of drug-likeness (QED) is 0.639. The van der Waals surface area contributed by atoms with Crippen LogP contribution in [0.25, 0.3) is 0 Å². The topological polar surface area (TPSA) is 39.3 Å². The molecule has 2 N–H and O–H groups in total. The van der Waals surface area contributed by atoms with Gasteiger partial charge in [-0.15, -0.1) is 0 Å². The average molecular weight is 240 g/mol. The lowest BCUT2D eigenvalue weighted by atomic mass is 10.1. The highest BCUT2D eigenvalue weighted by Gasteiger charge is 2.02. The number of benzene rings is 1. The molecule has 0 saturated heterocycles. The van der Waals surface area contributed by atoms with Crippen LogP contribution in [0.4, 0.5) is 0 Å². The lowest BCUT2D eigenvalue weighted by molar-refractivity contribution is -0.687. The third-order valence-corrected chi connectivity index (χ3v) is 2.96. The lowest BCUT2D eigenvalue weighted by Gasteiger charge is -2.01. The minimum Gasteiger partial charge on any atom is -0.250 e. The van der Waals surface area contributed by atoms with Gasteiger partial charge in [0.15, 0.2) is 0 Å². The van der Waals surface area contributed by atoms with Crippen molar-refractivity contribution in [3.05, 3.63) is 72.8 Å². The summed E-state index contributed by atoms with van der Waals surface area (Å²) in [5, 5.41) is 0. The van der Waals surface area contributed by atoms with Crippen molar-refractivity contribution in [1.29, 1.82) is 0 Å². The Morgan fingerprint density at radius 2 is 1.17 bits per heavy atom. The molecule has 3 aromatic rings. The van der Waals surface area contributed by atoms with E-state index in [4.69, 9.17) is 0 Å². The SMILES string of the molecule is c1c[n+](Cc2ccc(C[n+]3cc[nH]c3)cc2)c[nH]1. The van der Waals surface area contributed by atoms with E-state index in [9.17, 15) is 0 Å². The Balaban J connectivity index is 1.69. The van der Waals surface area contributed by atoms with Crippen LogP contribution in [0, 0.1) is 0 Å². The fraction of sp³-hybridized carbons (Fsp3) is 0.143. The van der Waals surface area contributed by atoms with Gasteiger partial charge >= 0.3 is 0 Å². The molecule has 1 aromatic carbocycles. The van der Waals surface area contributed by atoms with Crippen LogP contribution in [-0.4, -0.2) is 9.97 Å². The third kappa shape index (κ3) is 2.48. The molecule has 3 rings (SSSR count). The van der Waals surface area contributed by atoms with Gasteiger partial charge in [-0.1, -0.05) is 24.3 Å². The zero-order valence-corrected chi connectivity index (χ0v) is 10.1. The molecule has 0 aliphatic heterocycles. The van der Waals surface area contributed by atoms with Crippen LogP contribution < -0.4 is 9.13 Å². The van der Waals surface area contributed by atoms with Crippen LogP contribution in [0.2, 0.25) is 0 Å². The summed E-state index contributed by atoms with van der Waals surface area (Å²) in [7, 11) is 0. The van der Waals surface area contributed by atoms with Gasteiger partial charge in [0.25, 0.3) is 0 Å². The molecule has 18 heavy (non-hydrogen) atoms. The fourth-order valence-corrected chi connectivity index (χ4v) is 2.01. The van der Waals surface area contributed by atoms with Crippen molar-refractivity contribution >= 4 is 0 Å². The van der Waals surface area contributed by atoms with Crippen LogP contribution in [0.5, 0.6) is 0 Å². The van der Waals surface area contributed by atoms with Gasteiger partial charge in [-0.05, 0) is 11.1 Å². The van der Waals surface area contributed by atoms with Crippen molar-refractivity contribution < 1.29 is 9.13 Å². The van der Waals surface area contributed by atoms with E-state index in [1.54, 1.807) is 0 Å². The lowest BCUT2D eigenvalue weighted by Crippen LogP contribution is -2.31. The first-order valence-electron chi connectivity index (χ1n) is 6.02. The number of nitrogens with zero attached hydrogens (tertiary/aromatic N) is 2. The standard InChI is InChI=1S/C14H14N4/c1-2-14(10-18-8-6-16-12-18)4-3-13(1)9-17-7-5-15-11-17/h1-8,11-12H,9-10H2/p+2. The predicted molar refractivity (Wildman–Crippen MR) is 66.6 cm³/mol. The molecular weight excluding hydrogens is 224 g/mol. The smallest absolute Gasteiger partial charge is 0.241 e. The molecule has 0 saturated carbocycles. The molecule has 0 atom stereocenters. The fourth-order valence-electron chi connectivity index (χ4n) is 2.01. The molecule has 0 aliphatic rings. The number of hydrogen-bond donors (Lipinski definition) is 2. The second-order valence-electron chi connectivity index (χ2n) is 4.38. The molecule has 4 nitrogen and oxygen atoms in total. The van der Waals surface area contributed by atoms with Crippen molar-refractivity contribution in [2.24, 2.45) is 0 Å². The van der Waals surface area contributed by atoms with Gasteiger partial charge in [0.2, 0.25) is 12.7 Å². The molecule has 0 radical (unpaired) electrons. The van der Waals surface area contributed by atoms with Gasteiger partial charge in [-0.3, -0.25) is 9.97 Å². The molecule has 0 amide bonds. The van der Waals surface area contributed by atoms with Gasteiger partial charge in [-0.25, -0.2) is 9.13 Å². The van der Waals surface area contributed by atoms with E-state index in [2.05, 4.69) is 43.4 Å². The van der Waals surface area contributed by atoms with Crippen molar-refractivity contribution in [3.8, 4) is 0 Å². The molecule has 0 spiro atoms. The van der Waals surface area contributed by atoms with E-state index >= 15 is 0 Å². The van der Waals surface area contributed by atoms with E-state index in [-0.39, 0.29) is 0 Å². The summed E-state index contributed by atoms with van der Waals surface area (Å²) in [5.74, 6) is 0. The van der Waals surface area contributed by atoms with Crippen molar-refractivity contribution in [2.45, 2.75) is 13.1 Å². The molecule has 2 heterocycles. The highest BCUT2D eigenvalue weighted by atomic mass is 15.0. The van der Waals surface area contributed by atoms with Crippen LogP contribution in [0.1, 0.15) is 11.1 Å². The number of hydrogen-bond acceptors (Lipinski definition) is 0. The van der Waals surface area contributed by atoms with Gasteiger partial charge in [0.1, 0.15) is 37.9 Å². The Bertz CT molecular complexity index is 524. The van der Waals surface area contributed by atoms with Gasteiger partial charge in [0, 0.05) is 0 Å². The largest absolute Gasteiger partial charge is 0.250 e. The van der Waals surface area contributed by atoms with Crippen molar-refractivity contribution in [1.82, 2.24) is 9.97 Å². The Morgan fingerprint density at radius 1 is 0.722 bits per heavy atom. The van der Waals surface area contributed by atoms with Gasteiger partial charge in [-0.2, -0.15) is 0 Å². The molecule has 4 heteroatoms. The maximum atomic E-state index is 3.05. The number of aromatic nitrogens is 4. The Morgan fingerprint density at radius 3 is 1.50 bits per heavy atom. The summed E-state index contributed by atoms with van der Waals surface area (Å²) >= 11 is 0. The molecule has 2 aromatic heterocycles. The maximum Gasteiger partial charge on any atom is 0.241 e. The van der Waals surface area contributed by atoms with E-state index in [1.807, 2.05) is 37.4 Å². The van der Waals surface area contributed by atoms with E-state index in [0.29, 0.717) is 0 Å². The minimum absolute atomic E-state index is 0.904. The van der Waals surface area contributed by atoms with Crippen LogP contribution >= 0.6 is 0 Å². The summed E-state index contributed by atoms with van der Waals surface area (Å²) in [6.45, 7) is 1.81. The maximum absolute atomic E-state index is 3.05. The van der Waals surface area contributed by atoms with Crippen molar-refractivity contribution in [2.75, 3.05) is 0 Å². The van der Waals surface area contributed by atoms with Crippen LogP contribution in [-0.2, 0) is 13.1 Å². The second kappa shape index (κ2) is 4.87. The number of aromatic amines is 2. The Hall–Kier alpha value is -2.36. The van der Waals surface area contributed by atoms with Crippen LogP contribution in [0.15, 0.2) is 61.7 Å². The minimum atomic E-state index is 0.904. The molecule has 0 fully saturated rings. The third-order valence-electron chi connectivity index (χ3n) is 2.96.